The standard InChI is InChI=1S/C23H23N3O3S/c1-2-29-19-12-14-20(15-13-19)30(27,28)24-16-17-26-22-11-7-6-10-21(22)25-23(26)18-8-4-3-5-9-18/h3-15,24H,2,16-17H2,1H3. The molecule has 3 aromatic carbocycles. The number of ether oxygens (including phenoxy) is 1. The average Bonchev–Trinajstić information content (AvgIpc) is 3.14. The molecule has 0 saturated heterocycles. The number of imidazole rings is 1. The summed E-state index contributed by atoms with van der Waals surface area (Å²) >= 11 is 0. The molecule has 0 amide bonds. The van der Waals surface area contributed by atoms with Gasteiger partial charge >= 0.3 is 0 Å². The van der Waals surface area contributed by atoms with Crippen molar-refractivity contribution in [1.82, 2.24) is 14.3 Å². The zero-order valence-electron chi connectivity index (χ0n) is 16.7. The molecule has 0 fully saturated rings. The van der Waals surface area contributed by atoms with Crippen molar-refractivity contribution in [3.8, 4) is 17.1 Å². The predicted molar refractivity (Wildman–Crippen MR) is 118 cm³/mol. The fourth-order valence-corrected chi connectivity index (χ4v) is 4.39. The van der Waals surface area contributed by atoms with Crippen LogP contribution in [-0.2, 0) is 16.6 Å². The number of fused-ring (bicyclic) bond motifs is 1. The van der Waals surface area contributed by atoms with Gasteiger partial charge in [0.2, 0.25) is 10.0 Å². The summed E-state index contributed by atoms with van der Waals surface area (Å²) in [4.78, 5) is 4.97. The number of sulfonamides is 1. The zero-order chi connectivity index (χ0) is 21.0. The highest BCUT2D eigenvalue weighted by molar-refractivity contribution is 7.89. The lowest BCUT2D eigenvalue weighted by Crippen LogP contribution is -2.27. The smallest absolute Gasteiger partial charge is 0.240 e. The van der Waals surface area contributed by atoms with E-state index in [9.17, 15) is 8.42 Å². The van der Waals surface area contributed by atoms with Crippen molar-refractivity contribution in [2.24, 2.45) is 0 Å². The highest BCUT2D eigenvalue weighted by atomic mass is 32.2. The van der Waals surface area contributed by atoms with Gasteiger partial charge in [0, 0.05) is 18.7 Å². The van der Waals surface area contributed by atoms with Crippen molar-refractivity contribution in [2.75, 3.05) is 13.2 Å². The van der Waals surface area contributed by atoms with Gasteiger partial charge in [-0.25, -0.2) is 18.1 Å². The van der Waals surface area contributed by atoms with E-state index in [0.717, 1.165) is 22.4 Å². The summed E-state index contributed by atoms with van der Waals surface area (Å²) in [6, 6.07) is 24.2. The molecule has 154 valence electrons. The fourth-order valence-electron chi connectivity index (χ4n) is 3.37. The quantitative estimate of drug-likeness (QED) is 0.465. The summed E-state index contributed by atoms with van der Waals surface area (Å²) in [7, 11) is -3.62. The number of para-hydroxylation sites is 2. The van der Waals surface area contributed by atoms with Crippen LogP contribution in [0.15, 0.2) is 83.8 Å². The highest BCUT2D eigenvalue weighted by Gasteiger charge is 2.16. The van der Waals surface area contributed by atoms with Crippen molar-refractivity contribution < 1.29 is 13.2 Å². The van der Waals surface area contributed by atoms with Gasteiger partial charge in [-0.2, -0.15) is 0 Å². The molecular weight excluding hydrogens is 398 g/mol. The second-order valence-corrected chi connectivity index (χ2v) is 8.51. The van der Waals surface area contributed by atoms with E-state index < -0.39 is 10.0 Å². The van der Waals surface area contributed by atoms with Gasteiger partial charge in [0.05, 0.1) is 22.5 Å². The topological polar surface area (TPSA) is 73.2 Å². The lowest BCUT2D eigenvalue weighted by atomic mass is 10.2. The van der Waals surface area contributed by atoms with E-state index in [1.54, 1.807) is 24.3 Å². The molecule has 6 nitrogen and oxygen atoms in total. The van der Waals surface area contributed by atoms with E-state index >= 15 is 0 Å². The molecule has 0 aliphatic rings. The molecular formula is C23H23N3O3S. The van der Waals surface area contributed by atoms with Gasteiger partial charge in [-0.3, -0.25) is 0 Å². The Morgan fingerprint density at radius 1 is 0.933 bits per heavy atom. The van der Waals surface area contributed by atoms with Gasteiger partial charge in [0.1, 0.15) is 11.6 Å². The van der Waals surface area contributed by atoms with Gasteiger partial charge in [-0.15, -0.1) is 0 Å². The van der Waals surface area contributed by atoms with Crippen LogP contribution < -0.4 is 9.46 Å². The maximum Gasteiger partial charge on any atom is 0.240 e. The second kappa shape index (κ2) is 8.69. The van der Waals surface area contributed by atoms with E-state index in [2.05, 4.69) is 4.72 Å². The molecule has 0 atom stereocenters. The lowest BCUT2D eigenvalue weighted by molar-refractivity contribution is 0.340. The monoisotopic (exact) mass is 421 g/mol. The van der Waals surface area contributed by atoms with Crippen molar-refractivity contribution in [1.29, 1.82) is 0 Å². The van der Waals surface area contributed by atoms with Gasteiger partial charge in [0.25, 0.3) is 0 Å². The van der Waals surface area contributed by atoms with Crippen molar-refractivity contribution in [3.63, 3.8) is 0 Å². The Morgan fingerprint density at radius 2 is 1.63 bits per heavy atom. The number of nitrogens with one attached hydrogen (secondary N) is 1. The SMILES string of the molecule is CCOc1ccc(S(=O)(=O)NCCn2c(-c3ccccc3)nc3ccccc32)cc1. The Kier molecular flexibility index (Phi) is 5.83. The van der Waals surface area contributed by atoms with Crippen molar-refractivity contribution in [3.05, 3.63) is 78.9 Å². The fraction of sp³-hybridized carbons (Fsp3) is 0.174. The molecule has 0 radical (unpaired) electrons. The summed E-state index contributed by atoms with van der Waals surface area (Å²) in [5.41, 5.74) is 2.84. The minimum Gasteiger partial charge on any atom is -0.494 e. The molecule has 0 aliphatic heterocycles. The first-order valence-corrected chi connectivity index (χ1v) is 11.3. The molecule has 7 heteroatoms. The first-order valence-electron chi connectivity index (χ1n) is 9.82. The van der Waals surface area contributed by atoms with E-state index in [1.165, 1.54) is 0 Å². The normalized spacial score (nSPS) is 11.6. The number of nitrogens with zero attached hydrogens (tertiary/aromatic N) is 2. The Hall–Kier alpha value is -3.16. The molecule has 30 heavy (non-hydrogen) atoms. The molecule has 0 saturated carbocycles. The van der Waals surface area contributed by atoms with Crippen LogP contribution in [0.1, 0.15) is 6.92 Å². The van der Waals surface area contributed by atoms with Crippen LogP contribution in [0.4, 0.5) is 0 Å². The van der Waals surface area contributed by atoms with Crippen LogP contribution in [0.2, 0.25) is 0 Å². The predicted octanol–water partition coefficient (Wildman–Crippen LogP) is 4.08. The van der Waals surface area contributed by atoms with Crippen molar-refractivity contribution >= 4 is 21.1 Å². The number of aromatic nitrogens is 2. The molecule has 4 aromatic rings. The first-order chi connectivity index (χ1) is 14.6. The van der Waals surface area contributed by atoms with Crippen LogP contribution >= 0.6 is 0 Å². The van der Waals surface area contributed by atoms with Gasteiger partial charge < -0.3 is 9.30 Å². The molecule has 0 bridgehead atoms. The second-order valence-electron chi connectivity index (χ2n) is 6.74. The molecule has 0 spiro atoms. The Labute approximate surface area is 176 Å². The first kappa shape index (κ1) is 20.1. The van der Waals surface area contributed by atoms with Crippen LogP contribution in [0.25, 0.3) is 22.4 Å². The largest absolute Gasteiger partial charge is 0.494 e. The van der Waals surface area contributed by atoms with E-state index in [1.807, 2.05) is 66.1 Å². The van der Waals surface area contributed by atoms with Gasteiger partial charge in [-0.05, 0) is 43.3 Å². The van der Waals surface area contributed by atoms with Crippen molar-refractivity contribution in [2.45, 2.75) is 18.4 Å². The Bertz CT molecular complexity index is 1230. The van der Waals surface area contributed by atoms with Crippen LogP contribution in [-0.4, -0.2) is 31.1 Å². The maximum absolute atomic E-state index is 12.7. The van der Waals surface area contributed by atoms with E-state index in [-0.39, 0.29) is 11.4 Å². The number of hydrogen-bond acceptors (Lipinski definition) is 4. The highest BCUT2D eigenvalue weighted by Crippen LogP contribution is 2.24. The Morgan fingerprint density at radius 3 is 2.37 bits per heavy atom. The number of rotatable bonds is 8. The van der Waals surface area contributed by atoms with Crippen LogP contribution in [0, 0.1) is 0 Å². The molecule has 1 N–H and O–H groups in total. The molecule has 0 unspecified atom stereocenters. The minimum absolute atomic E-state index is 0.213. The summed E-state index contributed by atoms with van der Waals surface area (Å²) in [6.45, 7) is 3.12. The Balaban J connectivity index is 1.55. The zero-order valence-corrected chi connectivity index (χ0v) is 17.5. The molecule has 4 rings (SSSR count). The number of benzene rings is 3. The van der Waals surface area contributed by atoms with Gasteiger partial charge in [-0.1, -0.05) is 42.5 Å². The van der Waals surface area contributed by atoms with Crippen LogP contribution in [0.3, 0.4) is 0 Å². The average molecular weight is 422 g/mol. The molecule has 1 heterocycles. The summed E-state index contributed by atoms with van der Waals surface area (Å²) in [5.74, 6) is 1.46. The summed E-state index contributed by atoms with van der Waals surface area (Å²) in [5, 5.41) is 0. The van der Waals surface area contributed by atoms with Gasteiger partial charge in [0.15, 0.2) is 0 Å². The third-order valence-electron chi connectivity index (χ3n) is 4.76. The maximum atomic E-state index is 12.7. The molecule has 1 aromatic heterocycles. The lowest BCUT2D eigenvalue weighted by Gasteiger charge is -2.11. The number of hydrogen-bond donors (Lipinski definition) is 1. The molecule has 0 aliphatic carbocycles. The van der Waals surface area contributed by atoms with E-state index in [4.69, 9.17) is 9.72 Å². The minimum atomic E-state index is -3.62. The van der Waals surface area contributed by atoms with E-state index in [0.29, 0.717) is 18.9 Å². The van der Waals surface area contributed by atoms with Crippen LogP contribution in [0.5, 0.6) is 5.75 Å². The summed E-state index contributed by atoms with van der Waals surface area (Å²) in [6.07, 6.45) is 0. The summed E-state index contributed by atoms with van der Waals surface area (Å²) < 4.78 is 35.5. The third-order valence-corrected chi connectivity index (χ3v) is 6.24. The third kappa shape index (κ3) is 4.22.